The van der Waals surface area contributed by atoms with Crippen LogP contribution < -0.4 is 10.6 Å². The third kappa shape index (κ3) is 5.51. The Hall–Kier alpha value is -3.95. The molecular weight excluding hydrogens is 464 g/mol. The smallest absolute Gasteiger partial charge is 0.351 e. The van der Waals surface area contributed by atoms with E-state index in [4.69, 9.17) is 5.26 Å². The van der Waals surface area contributed by atoms with E-state index < -0.39 is 36.1 Å². The average molecular weight is 479 g/mol. The number of pyridine rings is 1. The minimum Gasteiger partial charge on any atom is -0.351 e. The number of hydrogen-bond acceptors (Lipinski definition) is 7. The van der Waals surface area contributed by atoms with Crippen molar-refractivity contribution in [1.29, 1.82) is 5.26 Å². The molecule has 34 heavy (non-hydrogen) atoms. The van der Waals surface area contributed by atoms with Crippen LogP contribution in [0.1, 0.15) is 30.5 Å². The maximum absolute atomic E-state index is 13.8. The molecule has 1 saturated carbocycles. The summed E-state index contributed by atoms with van der Waals surface area (Å²) in [4.78, 5) is 15.7. The molecule has 1 unspecified atom stereocenters. The summed E-state index contributed by atoms with van der Waals surface area (Å²) in [6, 6.07) is 7.62. The lowest BCUT2D eigenvalue weighted by atomic mass is 10.2. The summed E-state index contributed by atoms with van der Waals surface area (Å²) < 4.78 is 80.3. The van der Waals surface area contributed by atoms with E-state index in [1.807, 2.05) is 0 Å². The number of hydrogen-bond donors (Lipinski definition) is 2. The third-order valence-electron chi connectivity index (χ3n) is 4.92. The van der Waals surface area contributed by atoms with Crippen LogP contribution in [0.3, 0.4) is 0 Å². The van der Waals surface area contributed by atoms with Gasteiger partial charge in [0.05, 0.1) is 11.6 Å². The van der Waals surface area contributed by atoms with Gasteiger partial charge in [-0.1, -0.05) is 6.07 Å². The fourth-order valence-electron chi connectivity index (χ4n) is 3.44. The summed E-state index contributed by atoms with van der Waals surface area (Å²) >= 11 is 0. The first-order valence-corrected chi connectivity index (χ1v) is 9.93. The zero-order valence-electron chi connectivity index (χ0n) is 17.2. The second-order valence-corrected chi connectivity index (χ2v) is 7.62. The molecule has 1 atom stereocenters. The van der Waals surface area contributed by atoms with Crippen molar-refractivity contribution in [3.63, 3.8) is 0 Å². The summed E-state index contributed by atoms with van der Waals surface area (Å²) in [6.07, 6.45) is -5.37. The highest BCUT2D eigenvalue weighted by Crippen LogP contribution is 2.36. The molecule has 2 heterocycles. The summed E-state index contributed by atoms with van der Waals surface area (Å²) in [5.41, 5.74) is -1.32. The number of nitrogens with one attached hydrogen (secondary N) is 2. The number of alkyl halides is 5. The van der Waals surface area contributed by atoms with Crippen LogP contribution in [0.25, 0.3) is 11.5 Å². The number of anilines is 3. The average Bonchev–Trinajstić information content (AvgIpc) is 3.10. The maximum Gasteiger partial charge on any atom is 0.433 e. The van der Waals surface area contributed by atoms with Gasteiger partial charge in [0.2, 0.25) is 17.8 Å². The van der Waals surface area contributed by atoms with Gasteiger partial charge >= 0.3 is 6.18 Å². The lowest BCUT2D eigenvalue weighted by Gasteiger charge is -2.15. The molecule has 176 valence electrons. The van der Waals surface area contributed by atoms with E-state index in [9.17, 15) is 26.3 Å². The molecule has 1 aliphatic carbocycles. The molecule has 0 aliphatic heterocycles. The van der Waals surface area contributed by atoms with Crippen LogP contribution in [0.2, 0.25) is 0 Å². The van der Waals surface area contributed by atoms with Crippen LogP contribution in [0.15, 0.2) is 36.4 Å². The molecule has 0 spiro atoms. The first kappa shape index (κ1) is 23.2. The van der Waals surface area contributed by atoms with Gasteiger partial charge in [-0.15, -0.1) is 0 Å². The van der Waals surface area contributed by atoms with E-state index in [1.54, 1.807) is 6.07 Å². The Morgan fingerprint density at radius 3 is 2.47 bits per heavy atom. The maximum atomic E-state index is 13.8. The SMILES string of the molecule is N#Cc1cc(F)cc(Nc2nc(NC3CCC(F)(F)C3)nc(-c3cccc(C(F)(F)F)n3)n2)c1. The molecule has 0 bridgehead atoms. The fraction of sp³-hybridized carbons (Fsp3) is 0.286. The molecule has 1 aromatic carbocycles. The second-order valence-electron chi connectivity index (χ2n) is 7.62. The Morgan fingerprint density at radius 1 is 1.03 bits per heavy atom. The summed E-state index contributed by atoms with van der Waals surface area (Å²) in [5.74, 6) is -4.24. The predicted octanol–water partition coefficient (Wildman–Crippen LogP) is 5.31. The molecule has 7 nitrogen and oxygen atoms in total. The molecule has 1 fully saturated rings. The van der Waals surface area contributed by atoms with Crippen LogP contribution in [0.4, 0.5) is 43.9 Å². The van der Waals surface area contributed by atoms with E-state index in [2.05, 4.69) is 30.6 Å². The topological polar surface area (TPSA) is 99.4 Å². The van der Waals surface area contributed by atoms with Crippen LogP contribution in [0.5, 0.6) is 0 Å². The van der Waals surface area contributed by atoms with Crippen LogP contribution >= 0.6 is 0 Å². The Kier molecular flexibility index (Phi) is 5.99. The van der Waals surface area contributed by atoms with Crippen molar-refractivity contribution in [3.05, 3.63) is 53.5 Å². The molecule has 3 aromatic rings. The lowest BCUT2D eigenvalue weighted by Crippen LogP contribution is -2.21. The Balaban J connectivity index is 1.72. The fourth-order valence-corrected chi connectivity index (χ4v) is 3.44. The monoisotopic (exact) mass is 479 g/mol. The van der Waals surface area contributed by atoms with E-state index in [0.717, 1.165) is 24.3 Å². The van der Waals surface area contributed by atoms with Gasteiger partial charge in [-0.3, -0.25) is 0 Å². The molecule has 0 amide bonds. The third-order valence-corrected chi connectivity index (χ3v) is 4.92. The first-order chi connectivity index (χ1) is 16.0. The number of rotatable bonds is 5. The minimum absolute atomic E-state index is 0.00265. The van der Waals surface area contributed by atoms with E-state index in [-0.39, 0.29) is 47.5 Å². The van der Waals surface area contributed by atoms with Gasteiger partial charge in [-0.2, -0.15) is 33.4 Å². The molecular formula is C21H15F6N7. The summed E-state index contributed by atoms with van der Waals surface area (Å²) in [7, 11) is 0. The van der Waals surface area contributed by atoms with Gasteiger partial charge in [0, 0.05) is 24.6 Å². The number of aromatic nitrogens is 4. The number of benzene rings is 1. The van der Waals surface area contributed by atoms with Gasteiger partial charge in [0.1, 0.15) is 17.2 Å². The van der Waals surface area contributed by atoms with Gasteiger partial charge in [0.15, 0.2) is 5.82 Å². The molecule has 0 saturated heterocycles. The molecule has 0 radical (unpaired) electrons. The summed E-state index contributed by atoms with van der Waals surface area (Å²) in [6.45, 7) is 0. The quantitative estimate of drug-likeness (QED) is 0.479. The van der Waals surface area contributed by atoms with E-state index >= 15 is 0 Å². The van der Waals surface area contributed by atoms with Crippen molar-refractivity contribution in [2.75, 3.05) is 10.6 Å². The zero-order chi connectivity index (χ0) is 24.5. The Bertz CT molecular complexity index is 1260. The largest absolute Gasteiger partial charge is 0.433 e. The summed E-state index contributed by atoms with van der Waals surface area (Å²) in [5, 5.41) is 14.4. The van der Waals surface area contributed by atoms with E-state index in [1.165, 1.54) is 12.1 Å². The van der Waals surface area contributed by atoms with Gasteiger partial charge in [-0.25, -0.2) is 18.2 Å². The highest BCUT2D eigenvalue weighted by atomic mass is 19.4. The van der Waals surface area contributed by atoms with Crippen molar-refractivity contribution in [3.8, 4) is 17.6 Å². The second kappa shape index (κ2) is 8.77. The Labute approximate surface area is 188 Å². The highest BCUT2D eigenvalue weighted by molar-refractivity contribution is 5.60. The molecule has 13 heteroatoms. The van der Waals surface area contributed by atoms with Crippen molar-refractivity contribution in [2.45, 2.75) is 37.4 Å². The van der Waals surface area contributed by atoms with Crippen molar-refractivity contribution in [2.24, 2.45) is 0 Å². The molecule has 2 aromatic heterocycles. The van der Waals surface area contributed by atoms with Gasteiger partial charge in [-0.05, 0) is 36.8 Å². The zero-order valence-corrected chi connectivity index (χ0v) is 17.2. The molecule has 1 aliphatic rings. The standard InChI is InChI=1S/C21H15F6N7/c22-12-6-11(10-28)7-14(8-12)30-19-33-17(15-2-1-3-16(31-15)21(25,26)27)32-18(34-19)29-13-4-5-20(23,24)9-13/h1-3,6-8,13H,4-5,9H2,(H2,29,30,32,33,34). The van der Waals surface area contributed by atoms with Crippen molar-refractivity contribution in [1.82, 2.24) is 19.9 Å². The first-order valence-electron chi connectivity index (χ1n) is 9.93. The van der Waals surface area contributed by atoms with Crippen LogP contribution in [-0.4, -0.2) is 31.9 Å². The van der Waals surface area contributed by atoms with Gasteiger partial charge < -0.3 is 10.6 Å². The predicted molar refractivity (Wildman–Crippen MR) is 109 cm³/mol. The normalized spacial score (nSPS) is 17.3. The lowest BCUT2D eigenvalue weighted by molar-refractivity contribution is -0.141. The number of nitriles is 1. The Morgan fingerprint density at radius 2 is 1.79 bits per heavy atom. The minimum atomic E-state index is -4.71. The molecule has 4 rings (SSSR count). The van der Waals surface area contributed by atoms with Gasteiger partial charge in [0.25, 0.3) is 0 Å². The number of nitrogens with zero attached hydrogens (tertiary/aromatic N) is 5. The van der Waals surface area contributed by atoms with Crippen molar-refractivity contribution >= 4 is 17.6 Å². The number of halogens is 6. The molecule has 2 N–H and O–H groups in total. The van der Waals surface area contributed by atoms with E-state index in [0.29, 0.717) is 0 Å². The highest BCUT2D eigenvalue weighted by Gasteiger charge is 2.39. The van der Waals surface area contributed by atoms with Crippen molar-refractivity contribution < 1.29 is 26.3 Å². The van der Waals surface area contributed by atoms with Crippen LogP contribution in [-0.2, 0) is 6.18 Å². The van der Waals surface area contributed by atoms with Crippen LogP contribution in [0, 0.1) is 17.1 Å².